The fourth-order valence-corrected chi connectivity index (χ4v) is 4.63. The summed E-state index contributed by atoms with van der Waals surface area (Å²) in [6.07, 6.45) is 4.36. The molecule has 124 valence electrons. The fraction of sp³-hybridized carbons (Fsp3) is 0.389. The zero-order chi connectivity index (χ0) is 16.5. The number of anilines is 1. The highest BCUT2D eigenvalue weighted by Crippen LogP contribution is 2.38. The minimum absolute atomic E-state index is 0.0290. The molecule has 24 heavy (non-hydrogen) atoms. The maximum absolute atomic E-state index is 12.9. The number of hydrogen-bond donors (Lipinski definition) is 0. The normalized spacial score (nSPS) is 20.1. The van der Waals surface area contributed by atoms with Gasteiger partial charge >= 0.3 is 0 Å². The monoisotopic (exact) mass is 340 g/mol. The number of thioether (sulfide) groups is 1. The van der Waals surface area contributed by atoms with Crippen LogP contribution in [-0.2, 0) is 11.2 Å². The molecule has 4 rings (SSSR count). The molecule has 1 saturated heterocycles. The highest BCUT2D eigenvalue weighted by molar-refractivity contribution is 8.01. The lowest BCUT2D eigenvalue weighted by Gasteiger charge is -2.35. The number of amides is 1. The van der Waals surface area contributed by atoms with Gasteiger partial charge in [0.2, 0.25) is 11.9 Å². The molecule has 3 heterocycles. The van der Waals surface area contributed by atoms with Crippen LogP contribution >= 0.6 is 11.8 Å². The van der Waals surface area contributed by atoms with E-state index >= 15 is 0 Å². The predicted octanol–water partition coefficient (Wildman–Crippen LogP) is 2.15. The van der Waals surface area contributed by atoms with Crippen LogP contribution in [0.1, 0.15) is 11.1 Å². The SMILES string of the molecule is Cc1ccc2c(c1)S[C@@H](C(=O)N1CCN(c3ncccn3)CC1)C2. The van der Waals surface area contributed by atoms with Crippen molar-refractivity contribution in [2.24, 2.45) is 0 Å². The molecule has 5 nitrogen and oxygen atoms in total. The van der Waals surface area contributed by atoms with Gasteiger partial charge in [0.25, 0.3) is 0 Å². The van der Waals surface area contributed by atoms with Crippen molar-refractivity contribution in [1.29, 1.82) is 0 Å². The fourth-order valence-electron chi connectivity index (χ4n) is 3.26. The summed E-state index contributed by atoms with van der Waals surface area (Å²) >= 11 is 1.72. The van der Waals surface area contributed by atoms with Gasteiger partial charge in [-0.05, 0) is 31.0 Å². The first kappa shape index (κ1) is 15.4. The van der Waals surface area contributed by atoms with Gasteiger partial charge in [-0.2, -0.15) is 0 Å². The number of benzene rings is 1. The van der Waals surface area contributed by atoms with Crippen LogP contribution in [0.15, 0.2) is 41.6 Å². The van der Waals surface area contributed by atoms with Gasteiger partial charge in [0.05, 0.1) is 5.25 Å². The number of aromatic nitrogens is 2. The zero-order valence-electron chi connectivity index (χ0n) is 13.7. The lowest BCUT2D eigenvalue weighted by molar-refractivity contribution is -0.130. The standard InChI is InChI=1S/C18H20N4OS/c1-13-3-4-14-12-16(24-15(14)11-13)17(23)21-7-9-22(10-8-21)18-19-5-2-6-20-18/h2-6,11,16H,7-10,12H2,1H3/t16-/m1/s1. The Morgan fingerprint density at radius 2 is 1.92 bits per heavy atom. The Kier molecular flexibility index (Phi) is 4.14. The van der Waals surface area contributed by atoms with Crippen LogP contribution in [0, 0.1) is 6.92 Å². The smallest absolute Gasteiger partial charge is 0.236 e. The number of piperazine rings is 1. The van der Waals surface area contributed by atoms with Crippen molar-refractivity contribution >= 4 is 23.6 Å². The van der Waals surface area contributed by atoms with E-state index in [0.717, 1.165) is 38.5 Å². The first-order valence-corrected chi connectivity index (χ1v) is 9.15. The van der Waals surface area contributed by atoms with E-state index in [1.165, 1.54) is 16.0 Å². The Balaban J connectivity index is 1.37. The third-order valence-electron chi connectivity index (χ3n) is 4.60. The second kappa shape index (κ2) is 6.43. The van der Waals surface area contributed by atoms with Crippen molar-refractivity contribution in [2.75, 3.05) is 31.1 Å². The van der Waals surface area contributed by atoms with Crippen molar-refractivity contribution < 1.29 is 4.79 Å². The summed E-state index contributed by atoms with van der Waals surface area (Å²) in [4.78, 5) is 26.8. The van der Waals surface area contributed by atoms with Crippen molar-refractivity contribution in [3.05, 3.63) is 47.8 Å². The van der Waals surface area contributed by atoms with Gasteiger partial charge in [-0.25, -0.2) is 9.97 Å². The topological polar surface area (TPSA) is 49.3 Å². The lowest BCUT2D eigenvalue weighted by atomic mass is 10.1. The van der Waals surface area contributed by atoms with Gasteiger partial charge in [-0.3, -0.25) is 4.79 Å². The van der Waals surface area contributed by atoms with Crippen LogP contribution in [0.3, 0.4) is 0 Å². The average Bonchev–Trinajstić information content (AvgIpc) is 3.05. The van der Waals surface area contributed by atoms with Gasteiger partial charge in [0, 0.05) is 43.5 Å². The van der Waals surface area contributed by atoms with E-state index < -0.39 is 0 Å². The molecule has 2 aliphatic rings. The number of hydrogen-bond acceptors (Lipinski definition) is 5. The molecule has 0 bridgehead atoms. The Morgan fingerprint density at radius 1 is 1.17 bits per heavy atom. The van der Waals surface area contributed by atoms with Crippen LogP contribution in [-0.4, -0.2) is 52.2 Å². The molecule has 0 N–H and O–H groups in total. The zero-order valence-corrected chi connectivity index (χ0v) is 14.5. The van der Waals surface area contributed by atoms with Crippen LogP contribution in [0.5, 0.6) is 0 Å². The number of fused-ring (bicyclic) bond motifs is 1. The Labute approximate surface area is 146 Å². The van der Waals surface area contributed by atoms with E-state index in [2.05, 4.69) is 40.0 Å². The number of nitrogens with zero attached hydrogens (tertiary/aromatic N) is 4. The van der Waals surface area contributed by atoms with Crippen LogP contribution in [0.2, 0.25) is 0 Å². The van der Waals surface area contributed by atoms with Crippen molar-refractivity contribution in [2.45, 2.75) is 23.5 Å². The molecule has 6 heteroatoms. The molecule has 2 aliphatic heterocycles. The van der Waals surface area contributed by atoms with Crippen LogP contribution in [0.25, 0.3) is 0 Å². The van der Waals surface area contributed by atoms with E-state index in [-0.39, 0.29) is 11.2 Å². The molecule has 0 spiro atoms. The summed E-state index contributed by atoms with van der Waals surface area (Å²) in [6.45, 7) is 5.16. The van der Waals surface area contributed by atoms with E-state index in [1.807, 2.05) is 11.0 Å². The predicted molar refractivity (Wildman–Crippen MR) is 95.4 cm³/mol. The highest BCUT2D eigenvalue weighted by atomic mass is 32.2. The molecule has 0 unspecified atom stereocenters. The van der Waals surface area contributed by atoms with E-state index in [4.69, 9.17) is 0 Å². The van der Waals surface area contributed by atoms with Crippen molar-refractivity contribution in [3.8, 4) is 0 Å². The van der Waals surface area contributed by atoms with Gasteiger partial charge in [0.1, 0.15) is 0 Å². The number of carbonyl (C=O) groups excluding carboxylic acids is 1. The molecule has 1 atom stereocenters. The number of carbonyl (C=O) groups is 1. The average molecular weight is 340 g/mol. The molecule has 1 aromatic heterocycles. The third-order valence-corrected chi connectivity index (χ3v) is 5.89. The maximum atomic E-state index is 12.9. The Morgan fingerprint density at radius 3 is 2.67 bits per heavy atom. The van der Waals surface area contributed by atoms with E-state index in [0.29, 0.717) is 0 Å². The molecule has 1 fully saturated rings. The minimum Gasteiger partial charge on any atom is -0.338 e. The summed E-state index contributed by atoms with van der Waals surface area (Å²) in [5.74, 6) is 1.02. The van der Waals surface area contributed by atoms with Gasteiger partial charge in [0.15, 0.2) is 0 Å². The van der Waals surface area contributed by atoms with Gasteiger partial charge in [-0.1, -0.05) is 17.7 Å². The maximum Gasteiger partial charge on any atom is 0.236 e. The Bertz CT molecular complexity index is 744. The summed E-state index contributed by atoms with van der Waals surface area (Å²) < 4.78 is 0. The quantitative estimate of drug-likeness (QED) is 0.838. The Hall–Kier alpha value is -2.08. The molecule has 1 amide bonds. The molecular formula is C18H20N4OS. The van der Waals surface area contributed by atoms with Crippen molar-refractivity contribution in [3.63, 3.8) is 0 Å². The molecule has 1 aromatic carbocycles. The third kappa shape index (κ3) is 2.98. The lowest BCUT2D eigenvalue weighted by Crippen LogP contribution is -2.51. The summed E-state index contributed by atoms with van der Waals surface area (Å²) in [6, 6.07) is 8.30. The molecule has 2 aromatic rings. The van der Waals surface area contributed by atoms with E-state index in [9.17, 15) is 4.79 Å². The van der Waals surface area contributed by atoms with Gasteiger partial charge < -0.3 is 9.80 Å². The summed E-state index contributed by atoms with van der Waals surface area (Å²) in [7, 11) is 0. The van der Waals surface area contributed by atoms with Crippen LogP contribution in [0.4, 0.5) is 5.95 Å². The largest absolute Gasteiger partial charge is 0.338 e. The second-order valence-electron chi connectivity index (χ2n) is 6.28. The molecule has 0 radical (unpaired) electrons. The summed E-state index contributed by atoms with van der Waals surface area (Å²) in [5, 5.41) is 0.0290. The molecular weight excluding hydrogens is 320 g/mol. The molecule has 0 aliphatic carbocycles. The van der Waals surface area contributed by atoms with Gasteiger partial charge in [-0.15, -0.1) is 11.8 Å². The molecule has 0 saturated carbocycles. The number of rotatable bonds is 2. The highest BCUT2D eigenvalue weighted by Gasteiger charge is 2.33. The first-order valence-electron chi connectivity index (χ1n) is 8.27. The van der Waals surface area contributed by atoms with Crippen molar-refractivity contribution in [1.82, 2.24) is 14.9 Å². The number of aryl methyl sites for hydroxylation is 1. The second-order valence-corrected chi connectivity index (χ2v) is 7.53. The first-order chi connectivity index (χ1) is 11.7. The van der Waals surface area contributed by atoms with E-state index in [1.54, 1.807) is 24.2 Å². The summed E-state index contributed by atoms with van der Waals surface area (Å²) in [5.41, 5.74) is 2.56. The minimum atomic E-state index is 0.0290. The van der Waals surface area contributed by atoms with Crippen LogP contribution < -0.4 is 4.90 Å².